The molecule has 19 heavy (non-hydrogen) atoms. The van der Waals surface area contributed by atoms with E-state index < -0.39 is 0 Å². The highest BCUT2D eigenvalue weighted by atomic mass is 35.5. The van der Waals surface area contributed by atoms with Gasteiger partial charge in [0.05, 0.1) is 5.02 Å². The van der Waals surface area contributed by atoms with Gasteiger partial charge in [0.25, 0.3) is 5.91 Å². The summed E-state index contributed by atoms with van der Waals surface area (Å²) in [5.41, 5.74) is 0.207. The van der Waals surface area contributed by atoms with Crippen LogP contribution >= 0.6 is 23.2 Å². The summed E-state index contributed by atoms with van der Waals surface area (Å²) in [7, 11) is 0. The fourth-order valence-electron chi connectivity index (χ4n) is 2.43. The van der Waals surface area contributed by atoms with Crippen molar-refractivity contribution in [2.75, 3.05) is 6.54 Å². The third-order valence-electron chi connectivity index (χ3n) is 3.71. The van der Waals surface area contributed by atoms with Crippen molar-refractivity contribution in [1.29, 1.82) is 0 Å². The van der Waals surface area contributed by atoms with E-state index in [9.17, 15) is 4.79 Å². The predicted molar refractivity (Wildman–Crippen MR) is 77.7 cm³/mol. The molecule has 1 aliphatic carbocycles. The number of hydrogen-bond acceptors (Lipinski definition) is 2. The van der Waals surface area contributed by atoms with Gasteiger partial charge in [-0.25, -0.2) is 4.98 Å². The van der Waals surface area contributed by atoms with E-state index in [-0.39, 0.29) is 16.8 Å². The van der Waals surface area contributed by atoms with Gasteiger partial charge >= 0.3 is 0 Å². The second-order valence-corrected chi connectivity index (χ2v) is 6.09. The fourth-order valence-corrected chi connectivity index (χ4v) is 2.77. The lowest BCUT2D eigenvalue weighted by Gasteiger charge is -2.26. The number of nitrogens with one attached hydrogen (secondary N) is 1. The molecule has 1 amide bonds. The summed E-state index contributed by atoms with van der Waals surface area (Å²) in [4.78, 5) is 16.0. The summed E-state index contributed by atoms with van der Waals surface area (Å²) in [5.74, 6) is 1.14. The number of aromatic nitrogens is 1. The SMILES string of the molecule is CC1CCC(CNC(=O)c2nc(Cl)ccc2Cl)CC1. The standard InChI is InChI=1S/C14H18Cl2N2O/c1-9-2-4-10(5-3-9)8-17-14(19)13-11(15)6-7-12(16)18-13/h6-7,9-10H,2-5,8H2,1H3,(H,17,19). The van der Waals surface area contributed by atoms with E-state index in [1.165, 1.54) is 25.7 Å². The number of amides is 1. The second kappa shape index (κ2) is 6.58. The zero-order valence-electron chi connectivity index (χ0n) is 11.0. The van der Waals surface area contributed by atoms with Crippen molar-refractivity contribution >= 4 is 29.1 Å². The average molecular weight is 301 g/mol. The first-order chi connectivity index (χ1) is 9.06. The quantitative estimate of drug-likeness (QED) is 0.859. The Morgan fingerprint density at radius 3 is 2.68 bits per heavy atom. The molecule has 1 N–H and O–H groups in total. The first-order valence-corrected chi connectivity index (χ1v) is 7.42. The van der Waals surface area contributed by atoms with Gasteiger partial charge in [-0.05, 0) is 36.8 Å². The van der Waals surface area contributed by atoms with E-state index >= 15 is 0 Å². The number of rotatable bonds is 3. The summed E-state index contributed by atoms with van der Waals surface area (Å²) >= 11 is 11.7. The molecule has 0 radical (unpaired) electrons. The number of halogens is 2. The van der Waals surface area contributed by atoms with Crippen LogP contribution in [0.25, 0.3) is 0 Å². The van der Waals surface area contributed by atoms with E-state index in [1.54, 1.807) is 12.1 Å². The molecule has 104 valence electrons. The molecule has 1 aromatic heterocycles. The van der Waals surface area contributed by atoms with Crippen molar-refractivity contribution in [2.45, 2.75) is 32.6 Å². The second-order valence-electron chi connectivity index (χ2n) is 5.30. The highest BCUT2D eigenvalue weighted by molar-refractivity contribution is 6.34. The van der Waals surface area contributed by atoms with Gasteiger partial charge < -0.3 is 5.32 Å². The Morgan fingerprint density at radius 1 is 1.32 bits per heavy atom. The van der Waals surface area contributed by atoms with Gasteiger partial charge in [-0.3, -0.25) is 4.79 Å². The lowest BCUT2D eigenvalue weighted by Crippen LogP contribution is -2.31. The first kappa shape index (κ1) is 14.6. The Kier molecular flexibility index (Phi) is 5.06. The molecule has 1 fully saturated rings. The van der Waals surface area contributed by atoms with Crippen molar-refractivity contribution < 1.29 is 4.79 Å². The molecule has 1 aliphatic rings. The van der Waals surface area contributed by atoms with Crippen LogP contribution < -0.4 is 5.32 Å². The van der Waals surface area contributed by atoms with Crippen molar-refractivity contribution in [3.8, 4) is 0 Å². The van der Waals surface area contributed by atoms with Crippen LogP contribution in [0.5, 0.6) is 0 Å². The van der Waals surface area contributed by atoms with E-state index in [4.69, 9.17) is 23.2 Å². The number of pyridine rings is 1. The first-order valence-electron chi connectivity index (χ1n) is 6.66. The largest absolute Gasteiger partial charge is 0.350 e. The lowest BCUT2D eigenvalue weighted by atomic mass is 9.83. The highest BCUT2D eigenvalue weighted by Gasteiger charge is 2.20. The molecule has 1 heterocycles. The summed E-state index contributed by atoms with van der Waals surface area (Å²) in [5, 5.41) is 3.52. The Labute approximate surface area is 123 Å². The molecule has 0 unspecified atom stereocenters. The molecular formula is C14H18Cl2N2O. The van der Waals surface area contributed by atoms with Crippen LogP contribution in [0.1, 0.15) is 43.1 Å². The van der Waals surface area contributed by atoms with Gasteiger partial charge in [0, 0.05) is 6.54 Å². The number of hydrogen-bond donors (Lipinski definition) is 1. The Hall–Kier alpha value is -0.800. The van der Waals surface area contributed by atoms with Gasteiger partial charge in [0.15, 0.2) is 0 Å². The predicted octanol–water partition coefficient (Wildman–Crippen LogP) is 3.94. The van der Waals surface area contributed by atoms with E-state index in [0.29, 0.717) is 17.5 Å². The monoisotopic (exact) mass is 300 g/mol. The summed E-state index contributed by atoms with van der Waals surface area (Å²) in [6.07, 6.45) is 4.85. The molecule has 0 saturated heterocycles. The molecule has 3 nitrogen and oxygen atoms in total. The number of carbonyl (C=O) groups is 1. The Bertz CT molecular complexity index is 457. The van der Waals surface area contributed by atoms with E-state index in [1.807, 2.05) is 0 Å². The molecule has 2 rings (SSSR count). The van der Waals surface area contributed by atoms with Crippen molar-refractivity contribution in [1.82, 2.24) is 10.3 Å². The highest BCUT2D eigenvalue weighted by Crippen LogP contribution is 2.27. The van der Waals surface area contributed by atoms with Crippen molar-refractivity contribution in [3.63, 3.8) is 0 Å². The topological polar surface area (TPSA) is 42.0 Å². The lowest BCUT2D eigenvalue weighted by molar-refractivity contribution is 0.0937. The fraction of sp³-hybridized carbons (Fsp3) is 0.571. The normalized spacial score (nSPS) is 23.1. The minimum atomic E-state index is -0.244. The molecule has 1 aromatic rings. The molecule has 1 saturated carbocycles. The van der Waals surface area contributed by atoms with Gasteiger partial charge in [-0.15, -0.1) is 0 Å². The molecule has 0 bridgehead atoms. The maximum absolute atomic E-state index is 12.0. The Balaban J connectivity index is 1.89. The van der Waals surface area contributed by atoms with Crippen LogP contribution in [0, 0.1) is 11.8 Å². The maximum Gasteiger partial charge on any atom is 0.271 e. The van der Waals surface area contributed by atoms with Crippen molar-refractivity contribution in [3.05, 3.63) is 28.0 Å². The molecule has 0 aromatic carbocycles. The minimum absolute atomic E-state index is 0.207. The summed E-state index contributed by atoms with van der Waals surface area (Å²) in [6.45, 7) is 2.97. The van der Waals surface area contributed by atoms with Crippen LogP contribution in [0.15, 0.2) is 12.1 Å². The van der Waals surface area contributed by atoms with Crippen LogP contribution in [0.2, 0.25) is 10.2 Å². The maximum atomic E-state index is 12.0. The van der Waals surface area contributed by atoms with E-state index in [0.717, 1.165) is 5.92 Å². The average Bonchev–Trinajstić information content (AvgIpc) is 2.40. The van der Waals surface area contributed by atoms with Crippen LogP contribution in [0.4, 0.5) is 0 Å². The molecule has 0 atom stereocenters. The number of nitrogens with zero attached hydrogens (tertiary/aromatic N) is 1. The third kappa shape index (κ3) is 4.08. The minimum Gasteiger partial charge on any atom is -0.350 e. The zero-order valence-corrected chi connectivity index (χ0v) is 12.5. The Morgan fingerprint density at radius 2 is 2.00 bits per heavy atom. The van der Waals surface area contributed by atoms with Gasteiger partial charge in [-0.2, -0.15) is 0 Å². The van der Waals surface area contributed by atoms with Gasteiger partial charge in [0.2, 0.25) is 0 Å². The van der Waals surface area contributed by atoms with Crippen LogP contribution in [0.3, 0.4) is 0 Å². The molecular weight excluding hydrogens is 283 g/mol. The van der Waals surface area contributed by atoms with Crippen molar-refractivity contribution in [2.24, 2.45) is 11.8 Å². The molecule has 0 spiro atoms. The smallest absolute Gasteiger partial charge is 0.271 e. The molecule has 0 aliphatic heterocycles. The van der Waals surface area contributed by atoms with Gasteiger partial charge in [0.1, 0.15) is 10.8 Å². The van der Waals surface area contributed by atoms with Gasteiger partial charge in [-0.1, -0.05) is 43.0 Å². The van der Waals surface area contributed by atoms with Crippen LogP contribution in [-0.4, -0.2) is 17.4 Å². The zero-order chi connectivity index (χ0) is 13.8. The summed E-state index contributed by atoms with van der Waals surface area (Å²) < 4.78 is 0. The molecule has 5 heteroatoms. The number of carbonyl (C=O) groups excluding carboxylic acids is 1. The van der Waals surface area contributed by atoms with E-state index in [2.05, 4.69) is 17.2 Å². The summed E-state index contributed by atoms with van der Waals surface area (Å²) in [6, 6.07) is 3.16. The van der Waals surface area contributed by atoms with Crippen LogP contribution in [-0.2, 0) is 0 Å². The third-order valence-corrected chi connectivity index (χ3v) is 4.23.